The van der Waals surface area contributed by atoms with Crippen LogP contribution in [0, 0.1) is 0 Å². The maximum absolute atomic E-state index is 12.2. The quantitative estimate of drug-likeness (QED) is 0.605. The molecule has 1 aromatic heterocycles. The molecule has 0 unspecified atom stereocenters. The predicted molar refractivity (Wildman–Crippen MR) is 102 cm³/mol. The highest BCUT2D eigenvalue weighted by Crippen LogP contribution is 2.29. The van der Waals surface area contributed by atoms with Crippen molar-refractivity contribution < 1.29 is 9.53 Å². The molecule has 1 amide bonds. The van der Waals surface area contributed by atoms with E-state index >= 15 is 0 Å². The highest BCUT2D eigenvalue weighted by atomic mass is 16.5. The summed E-state index contributed by atoms with van der Waals surface area (Å²) in [5.74, 6) is 1.28. The van der Waals surface area contributed by atoms with Crippen LogP contribution in [0.3, 0.4) is 0 Å². The molecule has 0 saturated heterocycles. The number of nitrogens with zero attached hydrogens (tertiary/aromatic N) is 1. The predicted octanol–water partition coefficient (Wildman–Crippen LogP) is 3.99. The van der Waals surface area contributed by atoms with Crippen molar-refractivity contribution in [2.24, 2.45) is 0 Å². The molecule has 0 bridgehead atoms. The number of hydrogen-bond donors (Lipinski definition) is 2. The lowest BCUT2D eigenvalue weighted by atomic mass is 10.2. The maximum atomic E-state index is 12.2. The molecule has 0 fully saturated rings. The topological polar surface area (TPSA) is 63.2 Å². The molecule has 0 aliphatic rings. The van der Waals surface area contributed by atoms with Crippen LogP contribution in [0.2, 0.25) is 0 Å². The molecule has 0 atom stereocenters. The van der Waals surface area contributed by atoms with Gasteiger partial charge in [-0.1, -0.05) is 36.4 Å². The second-order valence-corrected chi connectivity index (χ2v) is 5.71. The monoisotopic (exact) mass is 347 g/mol. The molecule has 0 aliphatic heterocycles. The summed E-state index contributed by atoms with van der Waals surface area (Å²) in [6.07, 6.45) is 2.12. The third-order valence-electron chi connectivity index (χ3n) is 3.69. The van der Waals surface area contributed by atoms with Crippen molar-refractivity contribution in [3.63, 3.8) is 0 Å². The highest BCUT2D eigenvalue weighted by Gasteiger charge is 2.08. The van der Waals surface area contributed by atoms with Gasteiger partial charge in [0.1, 0.15) is 5.75 Å². The molecule has 26 heavy (non-hydrogen) atoms. The average molecular weight is 347 g/mol. The zero-order valence-corrected chi connectivity index (χ0v) is 14.4. The van der Waals surface area contributed by atoms with Gasteiger partial charge in [-0.3, -0.25) is 9.78 Å². The summed E-state index contributed by atoms with van der Waals surface area (Å²) >= 11 is 0. The Labute approximate surface area is 153 Å². The molecule has 2 aromatic carbocycles. The number of anilines is 1. The number of hydrogen-bond acceptors (Lipinski definition) is 4. The fourth-order valence-corrected chi connectivity index (χ4v) is 2.41. The summed E-state index contributed by atoms with van der Waals surface area (Å²) in [5, 5.41) is 6.13. The Bertz CT molecular complexity index is 823. The third-order valence-corrected chi connectivity index (χ3v) is 3.69. The van der Waals surface area contributed by atoms with E-state index in [1.165, 1.54) is 0 Å². The van der Waals surface area contributed by atoms with Crippen LogP contribution in [0.15, 0.2) is 79.0 Å². The number of ether oxygens (including phenoxy) is 1. The fourth-order valence-electron chi connectivity index (χ4n) is 2.41. The van der Waals surface area contributed by atoms with Crippen molar-refractivity contribution in [3.8, 4) is 11.5 Å². The molecule has 0 radical (unpaired) electrons. The summed E-state index contributed by atoms with van der Waals surface area (Å²) in [6.45, 7) is 1.21. The number of carbonyl (C=O) groups is 1. The fraction of sp³-hybridized carbons (Fsp3) is 0.143. The number of amides is 1. The first-order valence-corrected chi connectivity index (χ1v) is 8.54. The van der Waals surface area contributed by atoms with E-state index in [2.05, 4.69) is 15.6 Å². The zero-order chi connectivity index (χ0) is 18.0. The second-order valence-electron chi connectivity index (χ2n) is 5.71. The van der Waals surface area contributed by atoms with Crippen molar-refractivity contribution in [2.45, 2.75) is 13.0 Å². The van der Waals surface area contributed by atoms with E-state index in [-0.39, 0.29) is 5.91 Å². The smallest absolute Gasteiger partial charge is 0.225 e. The molecule has 5 nitrogen and oxygen atoms in total. The van der Waals surface area contributed by atoms with Gasteiger partial charge in [0.15, 0.2) is 5.75 Å². The first kappa shape index (κ1) is 17.6. The lowest BCUT2D eigenvalue weighted by Gasteiger charge is -2.12. The lowest BCUT2D eigenvalue weighted by molar-refractivity contribution is -0.116. The van der Waals surface area contributed by atoms with Gasteiger partial charge in [0.25, 0.3) is 0 Å². The van der Waals surface area contributed by atoms with E-state index in [4.69, 9.17) is 4.74 Å². The number of rotatable bonds is 8. The molecule has 1 heterocycles. The maximum Gasteiger partial charge on any atom is 0.225 e. The molecule has 132 valence electrons. The lowest BCUT2D eigenvalue weighted by Crippen LogP contribution is -2.22. The molecule has 0 aliphatic carbocycles. The first-order chi connectivity index (χ1) is 12.8. The highest BCUT2D eigenvalue weighted by molar-refractivity contribution is 5.92. The van der Waals surface area contributed by atoms with Crippen molar-refractivity contribution in [1.82, 2.24) is 10.3 Å². The molecule has 2 N–H and O–H groups in total. The Morgan fingerprint density at radius 1 is 0.923 bits per heavy atom. The van der Waals surface area contributed by atoms with E-state index in [0.29, 0.717) is 30.9 Å². The first-order valence-electron chi connectivity index (χ1n) is 8.54. The summed E-state index contributed by atoms with van der Waals surface area (Å²) < 4.78 is 5.86. The van der Waals surface area contributed by atoms with Crippen LogP contribution in [0.1, 0.15) is 12.1 Å². The van der Waals surface area contributed by atoms with E-state index in [0.717, 1.165) is 11.4 Å². The Kier molecular flexibility index (Phi) is 6.34. The Morgan fingerprint density at radius 2 is 1.69 bits per heavy atom. The molecular weight excluding hydrogens is 326 g/mol. The third kappa shape index (κ3) is 5.43. The van der Waals surface area contributed by atoms with Crippen LogP contribution in [-0.4, -0.2) is 17.4 Å². The van der Waals surface area contributed by atoms with E-state index in [1.54, 1.807) is 6.20 Å². The van der Waals surface area contributed by atoms with Gasteiger partial charge >= 0.3 is 0 Å². The SMILES string of the molecule is O=C(CCNCc1ccccn1)Nc1ccccc1Oc1ccccc1. The number of nitrogens with one attached hydrogen (secondary N) is 2. The minimum atomic E-state index is -0.0670. The minimum absolute atomic E-state index is 0.0670. The molecule has 0 spiro atoms. The second kappa shape index (κ2) is 9.34. The Hall–Kier alpha value is -3.18. The molecule has 0 saturated carbocycles. The van der Waals surface area contributed by atoms with Gasteiger partial charge in [-0.25, -0.2) is 0 Å². The summed E-state index contributed by atoms with van der Waals surface area (Å²) in [7, 11) is 0. The molecular formula is C21H21N3O2. The Balaban J connectivity index is 1.49. The van der Waals surface area contributed by atoms with Gasteiger partial charge < -0.3 is 15.4 Å². The van der Waals surface area contributed by atoms with Crippen molar-refractivity contribution in [1.29, 1.82) is 0 Å². The van der Waals surface area contributed by atoms with E-state index in [1.807, 2.05) is 72.8 Å². The summed E-state index contributed by atoms with van der Waals surface area (Å²) in [6, 6.07) is 22.7. The molecule has 5 heteroatoms. The van der Waals surface area contributed by atoms with Gasteiger partial charge in [-0.15, -0.1) is 0 Å². The number of pyridine rings is 1. The van der Waals surface area contributed by atoms with E-state index < -0.39 is 0 Å². The summed E-state index contributed by atoms with van der Waals surface area (Å²) in [4.78, 5) is 16.4. The van der Waals surface area contributed by atoms with Crippen LogP contribution >= 0.6 is 0 Å². The van der Waals surface area contributed by atoms with Gasteiger partial charge in [0.2, 0.25) is 5.91 Å². The Morgan fingerprint density at radius 3 is 2.50 bits per heavy atom. The number of benzene rings is 2. The molecule has 3 aromatic rings. The van der Waals surface area contributed by atoms with Gasteiger partial charge in [0.05, 0.1) is 11.4 Å². The van der Waals surface area contributed by atoms with Crippen LogP contribution in [0.4, 0.5) is 5.69 Å². The van der Waals surface area contributed by atoms with Gasteiger partial charge in [-0.2, -0.15) is 0 Å². The largest absolute Gasteiger partial charge is 0.455 e. The van der Waals surface area contributed by atoms with Crippen LogP contribution < -0.4 is 15.4 Å². The van der Waals surface area contributed by atoms with Crippen LogP contribution in [0.25, 0.3) is 0 Å². The van der Waals surface area contributed by atoms with Crippen LogP contribution in [0.5, 0.6) is 11.5 Å². The standard InChI is InChI=1S/C21H21N3O2/c25-21(13-15-22-16-17-8-6-7-14-23-17)24-19-11-4-5-12-20(19)26-18-9-2-1-3-10-18/h1-12,14,22H,13,15-16H2,(H,24,25). The normalized spacial score (nSPS) is 10.3. The zero-order valence-electron chi connectivity index (χ0n) is 14.4. The van der Waals surface area contributed by atoms with Gasteiger partial charge in [0, 0.05) is 25.7 Å². The minimum Gasteiger partial charge on any atom is -0.455 e. The average Bonchev–Trinajstić information content (AvgIpc) is 2.68. The van der Waals surface area contributed by atoms with Crippen molar-refractivity contribution in [3.05, 3.63) is 84.7 Å². The number of para-hydroxylation sites is 3. The van der Waals surface area contributed by atoms with E-state index in [9.17, 15) is 4.79 Å². The van der Waals surface area contributed by atoms with Crippen molar-refractivity contribution in [2.75, 3.05) is 11.9 Å². The number of carbonyl (C=O) groups excluding carboxylic acids is 1. The number of aromatic nitrogens is 1. The van der Waals surface area contributed by atoms with Crippen LogP contribution in [-0.2, 0) is 11.3 Å². The summed E-state index contributed by atoms with van der Waals surface area (Å²) in [5.41, 5.74) is 1.61. The molecule has 3 rings (SSSR count). The van der Waals surface area contributed by atoms with Gasteiger partial charge in [-0.05, 0) is 36.4 Å². The van der Waals surface area contributed by atoms with Crippen molar-refractivity contribution >= 4 is 11.6 Å².